The molecule has 2 fully saturated rings. The van der Waals surface area contributed by atoms with Crippen LogP contribution in [-0.2, 0) is 21.0 Å². The Kier molecular flexibility index (Phi) is 6.54. The molecule has 10 heteroatoms. The van der Waals surface area contributed by atoms with Gasteiger partial charge in [-0.25, -0.2) is 8.42 Å². The van der Waals surface area contributed by atoms with Crippen LogP contribution in [0.25, 0.3) is 0 Å². The second-order valence-electron chi connectivity index (χ2n) is 7.77. The number of piperazine rings is 1. The van der Waals surface area contributed by atoms with Crippen molar-refractivity contribution < 1.29 is 26.4 Å². The molecule has 0 aromatic heterocycles. The van der Waals surface area contributed by atoms with Crippen molar-refractivity contribution in [3.8, 4) is 0 Å². The molecule has 0 unspecified atom stereocenters. The molecule has 3 rings (SSSR count). The highest BCUT2D eigenvalue weighted by Gasteiger charge is 2.34. The molecule has 2 aliphatic rings. The van der Waals surface area contributed by atoms with Gasteiger partial charge in [0.2, 0.25) is 15.9 Å². The third-order valence-electron chi connectivity index (χ3n) is 5.63. The summed E-state index contributed by atoms with van der Waals surface area (Å²) in [6.45, 7) is 4.91. The molecule has 0 aliphatic carbocycles. The second-order valence-corrected chi connectivity index (χ2v) is 9.71. The SMILES string of the molecule is CC1CCN(CC(=O)N2CCN(S(=O)(=O)c3cccc(C(F)(F)F)c3)CC2)CC1. The zero-order chi connectivity index (χ0) is 21.2. The van der Waals surface area contributed by atoms with Crippen LogP contribution in [0.3, 0.4) is 0 Å². The van der Waals surface area contributed by atoms with Crippen LogP contribution in [0.1, 0.15) is 25.3 Å². The number of hydrogen-bond acceptors (Lipinski definition) is 4. The number of hydrogen-bond donors (Lipinski definition) is 0. The first-order valence-electron chi connectivity index (χ1n) is 9.75. The molecule has 2 heterocycles. The molecule has 0 spiro atoms. The minimum absolute atomic E-state index is 0.0318. The first kappa shape index (κ1) is 22.0. The lowest BCUT2D eigenvalue weighted by molar-refractivity contribution is -0.137. The number of nitrogens with zero attached hydrogens (tertiary/aromatic N) is 3. The predicted octanol–water partition coefficient (Wildman–Crippen LogP) is 2.27. The van der Waals surface area contributed by atoms with Gasteiger partial charge >= 0.3 is 6.18 Å². The van der Waals surface area contributed by atoms with Gasteiger partial charge in [-0.1, -0.05) is 13.0 Å². The van der Waals surface area contributed by atoms with Gasteiger partial charge in [-0.05, 0) is 50.0 Å². The Hall–Kier alpha value is -1.65. The molecule has 0 bridgehead atoms. The van der Waals surface area contributed by atoms with Gasteiger partial charge in [0.1, 0.15) is 0 Å². The molecule has 2 aliphatic heterocycles. The summed E-state index contributed by atoms with van der Waals surface area (Å²) in [5.41, 5.74) is -0.997. The monoisotopic (exact) mass is 433 g/mol. The van der Waals surface area contributed by atoms with E-state index in [1.54, 1.807) is 4.90 Å². The van der Waals surface area contributed by atoms with Gasteiger partial charge in [-0.2, -0.15) is 17.5 Å². The normalized spacial score (nSPS) is 20.8. The van der Waals surface area contributed by atoms with E-state index < -0.39 is 21.8 Å². The highest BCUT2D eigenvalue weighted by atomic mass is 32.2. The van der Waals surface area contributed by atoms with Crippen molar-refractivity contribution in [2.75, 3.05) is 45.8 Å². The van der Waals surface area contributed by atoms with E-state index in [4.69, 9.17) is 0 Å². The summed E-state index contributed by atoms with van der Waals surface area (Å²) in [5.74, 6) is 0.640. The van der Waals surface area contributed by atoms with E-state index in [-0.39, 0.29) is 37.0 Å². The van der Waals surface area contributed by atoms with E-state index in [1.165, 1.54) is 6.07 Å². The van der Waals surface area contributed by atoms with Crippen LogP contribution in [0.4, 0.5) is 13.2 Å². The van der Waals surface area contributed by atoms with Gasteiger partial charge in [0.25, 0.3) is 0 Å². The van der Waals surface area contributed by atoms with Crippen molar-refractivity contribution in [1.82, 2.24) is 14.1 Å². The lowest BCUT2D eigenvalue weighted by Gasteiger charge is -2.36. The molecule has 29 heavy (non-hydrogen) atoms. The molecule has 162 valence electrons. The Morgan fingerprint density at radius 1 is 1.07 bits per heavy atom. The highest BCUT2D eigenvalue weighted by Crippen LogP contribution is 2.31. The van der Waals surface area contributed by atoms with Crippen molar-refractivity contribution in [3.63, 3.8) is 0 Å². The Bertz CT molecular complexity index is 829. The zero-order valence-corrected chi connectivity index (χ0v) is 17.2. The van der Waals surface area contributed by atoms with Crippen LogP contribution in [0.15, 0.2) is 29.2 Å². The van der Waals surface area contributed by atoms with E-state index in [2.05, 4.69) is 11.8 Å². The Morgan fingerprint density at radius 3 is 2.28 bits per heavy atom. The van der Waals surface area contributed by atoms with E-state index in [0.717, 1.165) is 42.4 Å². The predicted molar refractivity (Wildman–Crippen MR) is 102 cm³/mol. The summed E-state index contributed by atoms with van der Waals surface area (Å²) in [6, 6.07) is 3.76. The largest absolute Gasteiger partial charge is 0.416 e. The molecule has 0 N–H and O–H groups in total. The molecule has 6 nitrogen and oxygen atoms in total. The average molecular weight is 433 g/mol. The Morgan fingerprint density at radius 2 is 1.69 bits per heavy atom. The lowest BCUT2D eigenvalue weighted by atomic mass is 9.99. The summed E-state index contributed by atoms with van der Waals surface area (Å²) in [6.07, 6.45) is -2.48. The van der Waals surface area contributed by atoms with Crippen molar-refractivity contribution in [3.05, 3.63) is 29.8 Å². The molecule has 0 radical (unpaired) electrons. The molecule has 0 saturated carbocycles. The van der Waals surface area contributed by atoms with Gasteiger partial charge in [0.15, 0.2) is 0 Å². The maximum Gasteiger partial charge on any atom is 0.416 e. The Balaban J connectivity index is 1.59. The van der Waals surface area contributed by atoms with Crippen LogP contribution >= 0.6 is 0 Å². The van der Waals surface area contributed by atoms with Gasteiger partial charge in [-0.15, -0.1) is 0 Å². The van der Waals surface area contributed by atoms with E-state index >= 15 is 0 Å². The topological polar surface area (TPSA) is 60.9 Å². The van der Waals surface area contributed by atoms with E-state index in [9.17, 15) is 26.4 Å². The summed E-state index contributed by atoms with van der Waals surface area (Å²) < 4.78 is 65.3. The molecule has 0 atom stereocenters. The van der Waals surface area contributed by atoms with Crippen LogP contribution in [-0.4, -0.2) is 74.2 Å². The molecule has 1 aromatic carbocycles. The number of benzene rings is 1. The highest BCUT2D eigenvalue weighted by molar-refractivity contribution is 7.89. The number of sulfonamides is 1. The number of piperidine rings is 1. The first-order chi connectivity index (χ1) is 13.6. The van der Waals surface area contributed by atoms with Crippen molar-refractivity contribution in [2.45, 2.75) is 30.8 Å². The smallest absolute Gasteiger partial charge is 0.339 e. The number of rotatable bonds is 4. The van der Waals surface area contributed by atoms with Gasteiger partial charge in [0, 0.05) is 26.2 Å². The van der Waals surface area contributed by atoms with Gasteiger partial charge < -0.3 is 4.90 Å². The lowest BCUT2D eigenvalue weighted by Crippen LogP contribution is -2.53. The minimum atomic E-state index is -4.61. The summed E-state index contributed by atoms with van der Waals surface area (Å²) >= 11 is 0. The standard InChI is InChI=1S/C19H26F3N3O3S/c1-15-5-7-23(8-6-15)14-18(26)24-9-11-25(12-10-24)29(27,28)17-4-2-3-16(13-17)19(20,21)22/h2-4,13,15H,5-12,14H2,1H3. The number of carbonyl (C=O) groups is 1. The van der Waals surface area contributed by atoms with Crippen LogP contribution in [0.2, 0.25) is 0 Å². The van der Waals surface area contributed by atoms with Crippen molar-refractivity contribution in [2.24, 2.45) is 5.92 Å². The molecule has 2 saturated heterocycles. The van der Waals surface area contributed by atoms with Crippen LogP contribution < -0.4 is 0 Å². The fraction of sp³-hybridized carbons (Fsp3) is 0.632. The van der Waals surface area contributed by atoms with E-state index in [1.807, 2.05) is 0 Å². The van der Waals surface area contributed by atoms with Crippen molar-refractivity contribution >= 4 is 15.9 Å². The summed E-state index contributed by atoms with van der Waals surface area (Å²) in [7, 11) is -4.04. The van der Waals surface area contributed by atoms with Crippen molar-refractivity contribution in [1.29, 1.82) is 0 Å². The molecule has 1 aromatic rings. The minimum Gasteiger partial charge on any atom is -0.339 e. The fourth-order valence-electron chi connectivity index (χ4n) is 3.67. The third kappa shape index (κ3) is 5.29. The zero-order valence-electron chi connectivity index (χ0n) is 16.4. The maximum absolute atomic E-state index is 12.9. The summed E-state index contributed by atoms with van der Waals surface area (Å²) in [5, 5.41) is 0. The molecule has 1 amide bonds. The fourth-order valence-corrected chi connectivity index (χ4v) is 5.14. The van der Waals surface area contributed by atoms with Gasteiger partial charge in [-0.3, -0.25) is 9.69 Å². The van der Waals surface area contributed by atoms with Gasteiger partial charge in [0.05, 0.1) is 17.0 Å². The van der Waals surface area contributed by atoms with Crippen LogP contribution in [0, 0.1) is 5.92 Å². The second kappa shape index (κ2) is 8.61. The Labute approximate surface area is 169 Å². The molecular formula is C19H26F3N3O3S. The maximum atomic E-state index is 12.9. The summed E-state index contributed by atoms with van der Waals surface area (Å²) in [4.78, 5) is 15.9. The van der Waals surface area contributed by atoms with Crippen LogP contribution in [0.5, 0.6) is 0 Å². The number of halogens is 3. The number of alkyl halides is 3. The number of likely N-dealkylation sites (tertiary alicyclic amines) is 1. The quantitative estimate of drug-likeness (QED) is 0.731. The molecular weight excluding hydrogens is 407 g/mol. The first-order valence-corrected chi connectivity index (χ1v) is 11.2. The number of carbonyl (C=O) groups excluding carboxylic acids is 1. The number of amides is 1. The van der Waals surface area contributed by atoms with E-state index in [0.29, 0.717) is 18.5 Å². The average Bonchev–Trinajstić information content (AvgIpc) is 2.69. The third-order valence-corrected chi connectivity index (χ3v) is 7.52.